The molecule has 0 aliphatic heterocycles. The molecule has 0 saturated heterocycles. The third-order valence-electron chi connectivity index (χ3n) is 7.62. The Bertz CT molecular complexity index is 951. The van der Waals surface area contributed by atoms with Crippen LogP contribution in [0.15, 0.2) is 36.4 Å². The van der Waals surface area contributed by atoms with E-state index in [-0.39, 0.29) is 5.56 Å². The number of ether oxygens (including phenoxy) is 1. The van der Waals surface area contributed by atoms with Crippen LogP contribution >= 0.6 is 0 Å². The van der Waals surface area contributed by atoms with E-state index in [1.165, 1.54) is 44.1 Å². The van der Waals surface area contributed by atoms with Gasteiger partial charge in [0.05, 0.1) is 0 Å². The average Bonchev–Trinajstić information content (AvgIpc) is 2.81. The second-order valence-corrected chi connectivity index (χ2v) is 9.85. The Labute approximate surface area is 196 Å². The molecule has 2 fully saturated rings. The molecule has 0 radical (unpaired) electrons. The highest BCUT2D eigenvalue weighted by atomic mass is 19.3. The van der Waals surface area contributed by atoms with Crippen LogP contribution in [0.1, 0.15) is 69.8 Å². The summed E-state index contributed by atoms with van der Waals surface area (Å²) in [6, 6.07) is 9.04. The van der Waals surface area contributed by atoms with E-state index in [1.807, 2.05) is 12.1 Å². The number of alkyl halides is 4. The van der Waals surface area contributed by atoms with Gasteiger partial charge in [-0.05, 0) is 84.6 Å². The van der Waals surface area contributed by atoms with Gasteiger partial charge in [0.2, 0.25) is 0 Å². The Morgan fingerprint density at radius 3 is 2.12 bits per heavy atom. The van der Waals surface area contributed by atoms with Crippen LogP contribution in [0.4, 0.5) is 26.3 Å². The van der Waals surface area contributed by atoms with Gasteiger partial charge in [0.15, 0.2) is 17.4 Å². The molecular weight excluding hydrogens is 454 g/mol. The second-order valence-electron chi connectivity index (χ2n) is 9.85. The highest BCUT2D eigenvalue weighted by Gasteiger charge is 2.45. The van der Waals surface area contributed by atoms with Crippen molar-refractivity contribution in [3.05, 3.63) is 53.6 Å². The minimum atomic E-state index is -4.99. The van der Waals surface area contributed by atoms with Gasteiger partial charge in [0.25, 0.3) is 0 Å². The van der Waals surface area contributed by atoms with Crippen LogP contribution in [0.2, 0.25) is 0 Å². The van der Waals surface area contributed by atoms with Gasteiger partial charge < -0.3 is 4.74 Å². The number of halogens is 6. The monoisotopic (exact) mass is 484 g/mol. The first-order chi connectivity index (χ1) is 16.2. The van der Waals surface area contributed by atoms with Crippen molar-refractivity contribution in [3.8, 4) is 16.9 Å². The van der Waals surface area contributed by atoms with E-state index in [2.05, 4.69) is 11.7 Å². The summed E-state index contributed by atoms with van der Waals surface area (Å²) in [6.07, 6.45) is 0.882. The first kappa shape index (κ1) is 24.9. The zero-order chi connectivity index (χ0) is 24.5. The molecule has 0 amide bonds. The van der Waals surface area contributed by atoms with Crippen LogP contribution in [-0.4, -0.2) is 12.5 Å². The van der Waals surface area contributed by atoms with E-state index in [0.717, 1.165) is 42.7 Å². The van der Waals surface area contributed by atoms with Crippen molar-refractivity contribution in [2.75, 3.05) is 0 Å². The molecule has 2 aliphatic carbocycles. The van der Waals surface area contributed by atoms with Crippen molar-refractivity contribution in [2.24, 2.45) is 17.8 Å². The number of benzene rings is 2. The molecule has 0 aromatic heterocycles. The summed E-state index contributed by atoms with van der Waals surface area (Å²) in [7, 11) is 0. The summed E-state index contributed by atoms with van der Waals surface area (Å²) in [4.78, 5) is 0. The minimum Gasteiger partial charge on any atom is -0.422 e. The first-order valence-corrected chi connectivity index (χ1v) is 12.1. The Morgan fingerprint density at radius 2 is 1.50 bits per heavy atom. The van der Waals surface area contributed by atoms with Crippen LogP contribution in [-0.2, 0) is 0 Å². The lowest BCUT2D eigenvalue weighted by Gasteiger charge is -2.42. The Balaban J connectivity index is 1.44. The summed E-state index contributed by atoms with van der Waals surface area (Å²) in [5.74, 6) is -1.53. The minimum absolute atomic E-state index is 0.118. The van der Waals surface area contributed by atoms with Crippen molar-refractivity contribution in [2.45, 2.75) is 76.7 Å². The number of fused-ring (bicyclic) bond motifs is 1. The molecule has 1 nitrogen and oxygen atoms in total. The van der Waals surface area contributed by atoms with E-state index < -0.39 is 29.9 Å². The Hall–Kier alpha value is -2.18. The Morgan fingerprint density at radius 1 is 0.882 bits per heavy atom. The molecule has 0 N–H and O–H groups in total. The second kappa shape index (κ2) is 10.2. The normalized spacial score (nSPS) is 25.3. The van der Waals surface area contributed by atoms with Gasteiger partial charge in [-0.25, -0.2) is 8.78 Å². The molecule has 4 unspecified atom stereocenters. The molecular formula is C27H30F6O. The van der Waals surface area contributed by atoms with Crippen molar-refractivity contribution in [1.29, 1.82) is 0 Å². The van der Waals surface area contributed by atoms with Crippen LogP contribution < -0.4 is 4.74 Å². The van der Waals surface area contributed by atoms with Crippen molar-refractivity contribution < 1.29 is 31.1 Å². The molecule has 7 heteroatoms. The third kappa shape index (κ3) is 5.38. The lowest BCUT2D eigenvalue weighted by molar-refractivity contribution is -0.255. The van der Waals surface area contributed by atoms with Crippen molar-refractivity contribution >= 4 is 0 Å². The fourth-order valence-electron chi connectivity index (χ4n) is 5.91. The van der Waals surface area contributed by atoms with Gasteiger partial charge in [0.1, 0.15) is 0 Å². The molecule has 0 spiro atoms. The van der Waals surface area contributed by atoms with Gasteiger partial charge in [-0.2, -0.15) is 17.6 Å². The fourth-order valence-corrected chi connectivity index (χ4v) is 5.91. The SMILES string of the molecule is CCCC1CCC2CC(c3ccc(-c4cc(F)c(OC(F)(F)C(F)F)c(F)c4)cc3)CCC2C1. The van der Waals surface area contributed by atoms with Crippen molar-refractivity contribution in [1.82, 2.24) is 0 Å². The molecule has 186 valence electrons. The molecule has 4 rings (SSSR count). The smallest absolute Gasteiger partial charge is 0.422 e. The summed E-state index contributed by atoms with van der Waals surface area (Å²) in [6.45, 7) is 2.25. The lowest BCUT2D eigenvalue weighted by Crippen LogP contribution is -2.34. The molecule has 2 saturated carbocycles. The molecule has 34 heavy (non-hydrogen) atoms. The van der Waals surface area contributed by atoms with E-state index in [9.17, 15) is 26.3 Å². The number of rotatable bonds is 7. The highest BCUT2D eigenvalue weighted by molar-refractivity contribution is 5.65. The van der Waals surface area contributed by atoms with E-state index in [0.29, 0.717) is 11.5 Å². The van der Waals surface area contributed by atoms with Crippen LogP contribution in [0, 0.1) is 29.4 Å². The van der Waals surface area contributed by atoms with E-state index >= 15 is 0 Å². The summed E-state index contributed by atoms with van der Waals surface area (Å²) in [5, 5.41) is 0. The molecule has 0 bridgehead atoms. The molecule has 2 aliphatic rings. The van der Waals surface area contributed by atoms with Crippen LogP contribution in [0.5, 0.6) is 5.75 Å². The summed E-state index contributed by atoms with van der Waals surface area (Å²) >= 11 is 0. The van der Waals surface area contributed by atoms with Crippen LogP contribution in [0.3, 0.4) is 0 Å². The fraction of sp³-hybridized carbons (Fsp3) is 0.556. The van der Waals surface area contributed by atoms with Gasteiger partial charge >= 0.3 is 12.5 Å². The zero-order valence-electron chi connectivity index (χ0n) is 19.2. The van der Waals surface area contributed by atoms with Crippen LogP contribution in [0.25, 0.3) is 11.1 Å². The van der Waals surface area contributed by atoms with E-state index in [4.69, 9.17) is 0 Å². The van der Waals surface area contributed by atoms with Gasteiger partial charge in [0, 0.05) is 0 Å². The standard InChI is InChI=1S/C27H30F6O/c1-2-3-16-4-5-21-13-20(11-10-19(21)12-16)17-6-8-18(9-7-17)22-14-23(28)25(24(29)15-22)34-27(32,33)26(30)31/h6-9,14-16,19-21,26H,2-5,10-13H2,1H3. The Kier molecular flexibility index (Phi) is 7.48. The topological polar surface area (TPSA) is 9.23 Å². The zero-order valence-corrected chi connectivity index (χ0v) is 19.2. The number of hydrogen-bond donors (Lipinski definition) is 0. The largest absolute Gasteiger partial charge is 0.461 e. The average molecular weight is 485 g/mol. The van der Waals surface area contributed by atoms with E-state index in [1.54, 1.807) is 12.1 Å². The molecule has 4 atom stereocenters. The molecule has 2 aromatic rings. The van der Waals surface area contributed by atoms with Gasteiger partial charge in [-0.3, -0.25) is 0 Å². The molecule has 0 heterocycles. The first-order valence-electron chi connectivity index (χ1n) is 12.1. The molecule has 2 aromatic carbocycles. The highest BCUT2D eigenvalue weighted by Crippen LogP contribution is 2.48. The predicted octanol–water partition coefficient (Wildman–Crippen LogP) is 8.97. The number of hydrogen-bond acceptors (Lipinski definition) is 1. The maximum Gasteiger partial charge on any atom is 0.461 e. The lowest BCUT2D eigenvalue weighted by atomic mass is 9.63. The van der Waals surface area contributed by atoms with Gasteiger partial charge in [-0.15, -0.1) is 0 Å². The van der Waals surface area contributed by atoms with Crippen molar-refractivity contribution in [3.63, 3.8) is 0 Å². The van der Waals surface area contributed by atoms with Gasteiger partial charge in [-0.1, -0.05) is 50.5 Å². The third-order valence-corrected chi connectivity index (χ3v) is 7.62. The maximum absolute atomic E-state index is 14.3. The predicted molar refractivity (Wildman–Crippen MR) is 119 cm³/mol. The summed E-state index contributed by atoms with van der Waals surface area (Å²) < 4.78 is 83.0. The quantitative estimate of drug-likeness (QED) is 0.356. The maximum atomic E-state index is 14.3. The summed E-state index contributed by atoms with van der Waals surface area (Å²) in [5.41, 5.74) is 1.81.